The molecule has 1 aliphatic heterocycles. The maximum atomic E-state index is 16.6. The molecule has 1 fully saturated rings. The number of benzene rings is 1. The highest BCUT2D eigenvalue weighted by atomic mass is 19.1. The number of pyridine rings is 2. The zero-order valence-corrected chi connectivity index (χ0v) is 22.3. The first-order valence-corrected chi connectivity index (χ1v) is 13.0. The Bertz CT molecular complexity index is 1370. The molecule has 1 saturated heterocycles. The summed E-state index contributed by atoms with van der Waals surface area (Å²) in [5.41, 5.74) is -1.47. The van der Waals surface area contributed by atoms with E-state index < -0.39 is 52.5 Å². The van der Waals surface area contributed by atoms with Crippen molar-refractivity contribution in [3.8, 4) is 22.4 Å². The number of hydrogen-bond donors (Lipinski definition) is 2. The predicted molar refractivity (Wildman–Crippen MR) is 141 cm³/mol. The minimum Gasteiger partial charge on any atom is -0.373 e. The van der Waals surface area contributed by atoms with Crippen LogP contribution in [0.15, 0.2) is 36.7 Å². The standard InChI is InChI=1S/C29H31F3N4O3/c1-15(2)28(37)35-19-11-10-18(30)22(24(19)31)26-25(32)23(20-9-5-6-13-39-20)21(17-8-7-12-33-14-17)27(36-26)29(38)34-16(3)4/h7-8,10-12,14-16,20H,5-6,9,13H2,1-4H3,(H,34,38)(H,35,37). The van der Waals surface area contributed by atoms with E-state index in [0.29, 0.717) is 18.6 Å². The molecule has 3 heterocycles. The van der Waals surface area contributed by atoms with Crippen molar-refractivity contribution in [2.45, 2.75) is 59.1 Å². The molecule has 39 heavy (non-hydrogen) atoms. The lowest BCUT2D eigenvalue weighted by Gasteiger charge is -2.27. The summed E-state index contributed by atoms with van der Waals surface area (Å²) in [4.78, 5) is 34.0. The first-order valence-electron chi connectivity index (χ1n) is 13.0. The fourth-order valence-electron chi connectivity index (χ4n) is 4.46. The monoisotopic (exact) mass is 540 g/mol. The highest BCUT2D eigenvalue weighted by Crippen LogP contribution is 2.42. The van der Waals surface area contributed by atoms with Crippen LogP contribution in [-0.2, 0) is 9.53 Å². The lowest BCUT2D eigenvalue weighted by molar-refractivity contribution is -0.118. The van der Waals surface area contributed by atoms with Gasteiger partial charge < -0.3 is 15.4 Å². The molecular weight excluding hydrogens is 509 g/mol. The molecule has 2 amide bonds. The maximum absolute atomic E-state index is 16.6. The van der Waals surface area contributed by atoms with Crippen LogP contribution in [0.2, 0.25) is 0 Å². The van der Waals surface area contributed by atoms with E-state index in [1.807, 2.05) is 0 Å². The zero-order chi connectivity index (χ0) is 28.3. The van der Waals surface area contributed by atoms with Crippen LogP contribution >= 0.6 is 0 Å². The van der Waals surface area contributed by atoms with Crippen LogP contribution in [0.4, 0.5) is 18.9 Å². The fourth-order valence-corrected chi connectivity index (χ4v) is 4.46. The number of nitrogens with one attached hydrogen (secondary N) is 2. The van der Waals surface area contributed by atoms with Gasteiger partial charge in [-0.1, -0.05) is 19.9 Å². The molecule has 1 aliphatic rings. The van der Waals surface area contributed by atoms with Crippen molar-refractivity contribution in [2.75, 3.05) is 11.9 Å². The van der Waals surface area contributed by atoms with Gasteiger partial charge in [0.25, 0.3) is 5.91 Å². The number of carbonyl (C=O) groups excluding carboxylic acids is 2. The second-order valence-corrected chi connectivity index (χ2v) is 10.1. The number of anilines is 1. The van der Waals surface area contributed by atoms with Crippen molar-refractivity contribution in [1.82, 2.24) is 15.3 Å². The van der Waals surface area contributed by atoms with Crippen LogP contribution in [0.25, 0.3) is 22.4 Å². The summed E-state index contributed by atoms with van der Waals surface area (Å²) >= 11 is 0. The van der Waals surface area contributed by atoms with Crippen LogP contribution < -0.4 is 10.6 Å². The SMILES string of the molecule is CC(C)NC(=O)c1nc(-c2c(F)ccc(NC(=O)C(C)C)c2F)c(F)c(C2CCCCO2)c1-c1cccnc1. The summed E-state index contributed by atoms with van der Waals surface area (Å²) in [5.74, 6) is -4.93. The van der Waals surface area contributed by atoms with E-state index in [1.54, 1.807) is 39.8 Å². The van der Waals surface area contributed by atoms with Crippen molar-refractivity contribution in [1.29, 1.82) is 0 Å². The third-order valence-corrected chi connectivity index (χ3v) is 6.37. The molecule has 1 aromatic carbocycles. The van der Waals surface area contributed by atoms with Crippen molar-refractivity contribution in [2.24, 2.45) is 5.92 Å². The summed E-state index contributed by atoms with van der Waals surface area (Å²) in [6, 6.07) is 4.98. The zero-order valence-electron chi connectivity index (χ0n) is 22.3. The van der Waals surface area contributed by atoms with Crippen LogP contribution in [0, 0.1) is 23.4 Å². The summed E-state index contributed by atoms with van der Waals surface area (Å²) < 4.78 is 53.5. The molecule has 1 atom stereocenters. The molecule has 0 bridgehead atoms. The van der Waals surface area contributed by atoms with E-state index in [0.717, 1.165) is 25.0 Å². The van der Waals surface area contributed by atoms with E-state index in [4.69, 9.17) is 4.74 Å². The smallest absolute Gasteiger partial charge is 0.270 e. The Labute approximate surface area is 225 Å². The molecule has 4 rings (SSSR count). The van der Waals surface area contributed by atoms with E-state index in [2.05, 4.69) is 20.6 Å². The second kappa shape index (κ2) is 11.9. The van der Waals surface area contributed by atoms with E-state index in [1.165, 1.54) is 12.4 Å². The lowest BCUT2D eigenvalue weighted by atomic mass is 9.89. The molecule has 0 spiro atoms. The highest BCUT2D eigenvalue weighted by Gasteiger charge is 2.33. The minimum atomic E-state index is -1.20. The van der Waals surface area contributed by atoms with E-state index in [9.17, 15) is 9.59 Å². The van der Waals surface area contributed by atoms with Gasteiger partial charge in [0.1, 0.15) is 17.2 Å². The Hall–Kier alpha value is -3.79. The molecule has 7 nitrogen and oxygen atoms in total. The van der Waals surface area contributed by atoms with Gasteiger partial charge in [0.2, 0.25) is 5.91 Å². The Morgan fingerprint density at radius 1 is 1.03 bits per heavy atom. The third kappa shape index (κ3) is 5.95. The first-order chi connectivity index (χ1) is 18.6. The van der Waals surface area contributed by atoms with Gasteiger partial charge in [-0.2, -0.15) is 0 Å². The van der Waals surface area contributed by atoms with Crippen LogP contribution in [0.3, 0.4) is 0 Å². The Balaban J connectivity index is 2.04. The molecule has 1 unspecified atom stereocenters. The first kappa shape index (κ1) is 28.2. The molecule has 2 N–H and O–H groups in total. The highest BCUT2D eigenvalue weighted by molar-refractivity contribution is 6.01. The van der Waals surface area contributed by atoms with Gasteiger partial charge in [0.05, 0.1) is 17.4 Å². The molecule has 10 heteroatoms. The fraction of sp³-hybridized carbons (Fsp3) is 0.379. The number of hydrogen-bond acceptors (Lipinski definition) is 5. The average molecular weight is 541 g/mol. The van der Waals surface area contributed by atoms with E-state index >= 15 is 13.2 Å². The van der Waals surface area contributed by atoms with E-state index in [-0.39, 0.29) is 28.6 Å². The number of amides is 2. The Kier molecular flexibility index (Phi) is 8.64. The van der Waals surface area contributed by atoms with Crippen molar-refractivity contribution >= 4 is 17.5 Å². The second-order valence-electron chi connectivity index (χ2n) is 10.1. The number of aromatic nitrogens is 2. The number of nitrogens with zero attached hydrogens (tertiary/aromatic N) is 2. The normalized spacial score (nSPS) is 15.5. The number of halogens is 3. The van der Waals surface area contributed by atoms with Crippen LogP contribution in [0.5, 0.6) is 0 Å². The summed E-state index contributed by atoms with van der Waals surface area (Å²) in [6.07, 6.45) is 4.18. The van der Waals surface area contributed by atoms with Gasteiger partial charge in [0, 0.05) is 47.7 Å². The maximum Gasteiger partial charge on any atom is 0.270 e. The van der Waals surface area contributed by atoms with Gasteiger partial charge in [0.15, 0.2) is 11.6 Å². The average Bonchev–Trinajstić information content (AvgIpc) is 2.91. The van der Waals surface area contributed by atoms with Crippen molar-refractivity contribution in [3.05, 3.63) is 65.4 Å². The molecule has 0 aliphatic carbocycles. The molecule has 0 radical (unpaired) electrons. The van der Waals surface area contributed by atoms with Crippen LogP contribution in [-0.4, -0.2) is 34.4 Å². The Morgan fingerprint density at radius 2 is 1.79 bits per heavy atom. The molecule has 2 aromatic heterocycles. The summed E-state index contributed by atoms with van der Waals surface area (Å²) in [7, 11) is 0. The molecular formula is C29H31F3N4O3. The summed E-state index contributed by atoms with van der Waals surface area (Å²) in [6.45, 7) is 7.09. The third-order valence-electron chi connectivity index (χ3n) is 6.37. The summed E-state index contributed by atoms with van der Waals surface area (Å²) in [5, 5.41) is 5.15. The van der Waals surface area contributed by atoms with Crippen molar-refractivity contribution in [3.63, 3.8) is 0 Å². The minimum absolute atomic E-state index is 0.0166. The van der Waals surface area contributed by atoms with Gasteiger partial charge >= 0.3 is 0 Å². The van der Waals surface area contributed by atoms with Crippen LogP contribution in [0.1, 0.15) is 69.1 Å². The number of ether oxygens (including phenoxy) is 1. The molecule has 0 saturated carbocycles. The quantitative estimate of drug-likeness (QED) is 0.372. The van der Waals surface area contributed by atoms with Gasteiger partial charge in [-0.3, -0.25) is 14.6 Å². The van der Waals surface area contributed by atoms with Gasteiger partial charge in [-0.05, 0) is 51.3 Å². The predicted octanol–water partition coefficient (Wildman–Crippen LogP) is 6.20. The number of carbonyl (C=O) groups is 2. The number of rotatable bonds is 7. The van der Waals surface area contributed by atoms with Gasteiger partial charge in [-0.15, -0.1) is 0 Å². The van der Waals surface area contributed by atoms with Crippen molar-refractivity contribution < 1.29 is 27.5 Å². The topological polar surface area (TPSA) is 93.2 Å². The molecule has 3 aromatic rings. The molecule has 206 valence electrons. The Morgan fingerprint density at radius 3 is 2.41 bits per heavy atom. The largest absolute Gasteiger partial charge is 0.373 e. The lowest BCUT2D eigenvalue weighted by Crippen LogP contribution is -2.32. The van der Waals surface area contributed by atoms with Gasteiger partial charge in [-0.25, -0.2) is 18.2 Å².